The van der Waals surface area contributed by atoms with Crippen LogP contribution in [-0.4, -0.2) is 20.2 Å². The minimum atomic E-state index is 0.831. The van der Waals surface area contributed by atoms with Gasteiger partial charge in [-0.05, 0) is 61.5 Å². The first-order valence-electron chi connectivity index (χ1n) is 7.10. The number of thiophene rings is 1. The molecule has 5 heteroatoms. The maximum Gasteiger partial charge on any atom is 0.156 e. The van der Waals surface area contributed by atoms with Crippen molar-refractivity contribution in [3.8, 4) is 11.5 Å². The number of hydrogen-bond acceptors (Lipinski definition) is 3. The number of aryl methyl sites for hydroxylation is 3. The molecule has 0 spiro atoms. The van der Waals surface area contributed by atoms with Crippen molar-refractivity contribution in [2.75, 3.05) is 0 Å². The first-order chi connectivity index (χ1) is 10.6. The quantitative estimate of drug-likeness (QED) is 0.538. The molecule has 0 aliphatic carbocycles. The second kappa shape index (κ2) is 6.15. The van der Waals surface area contributed by atoms with E-state index in [0.29, 0.717) is 0 Å². The van der Waals surface area contributed by atoms with Crippen LogP contribution in [-0.2, 0) is 0 Å². The molecule has 2 N–H and O–H groups in total. The van der Waals surface area contributed by atoms with Crippen LogP contribution in [0.15, 0.2) is 41.9 Å². The molecule has 0 bridgehead atoms. The van der Waals surface area contributed by atoms with Crippen LogP contribution in [0.3, 0.4) is 0 Å². The summed E-state index contributed by atoms with van der Waals surface area (Å²) in [6.45, 7) is 6.30. The molecule has 0 atom stereocenters. The van der Waals surface area contributed by atoms with Crippen molar-refractivity contribution in [1.82, 2.24) is 20.2 Å². The molecule has 112 valence electrons. The summed E-state index contributed by atoms with van der Waals surface area (Å²) in [6, 6.07) is 10.3. The number of imidazole rings is 1. The molecule has 0 unspecified atom stereocenters. The minimum absolute atomic E-state index is 0.831. The Labute approximate surface area is 133 Å². The summed E-state index contributed by atoms with van der Waals surface area (Å²) in [5.74, 6) is 0.831. The number of H-pyrrole nitrogens is 2. The molecule has 4 nitrogen and oxygen atoms in total. The number of hydrogen-bond donors (Lipinski definition) is 2. The van der Waals surface area contributed by atoms with Gasteiger partial charge in [-0.25, -0.2) is 4.98 Å². The highest BCUT2D eigenvalue weighted by atomic mass is 32.1. The smallest absolute Gasteiger partial charge is 0.156 e. The number of benzene rings is 1. The highest BCUT2D eigenvalue weighted by Crippen LogP contribution is 2.21. The van der Waals surface area contributed by atoms with E-state index in [4.69, 9.17) is 0 Å². The number of fused-ring (bicyclic) bond motifs is 1. The lowest BCUT2D eigenvalue weighted by Gasteiger charge is -1.97. The van der Waals surface area contributed by atoms with Crippen LogP contribution in [0.1, 0.15) is 16.0 Å². The standard InChI is InChI=1S/C12H12N4.C5H6S/c1-7-5-10-11(6-8(7)2)15-12(14-10)9-3-4-13-16-9;1-5-3-2-4-6-5/h3-6H,1-2H3,(H,13,16)(H,14,15);2-4H,1H3. The molecule has 3 aromatic heterocycles. The van der Waals surface area contributed by atoms with Crippen LogP contribution >= 0.6 is 11.3 Å². The van der Waals surface area contributed by atoms with Crippen molar-refractivity contribution in [3.63, 3.8) is 0 Å². The van der Waals surface area contributed by atoms with Crippen molar-refractivity contribution in [2.24, 2.45) is 0 Å². The second-order valence-corrected chi connectivity index (χ2v) is 6.38. The molecule has 4 aromatic rings. The minimum Gasteiger partial charge on any atom is -0.337 e. The van der Waals surface area contributed by atoms with Crippen LogP contribution in [0, 0.1) is 20.8 Å². The largest absolute Gasteiger partial charge is 0.337 e. The first-order valence-corrected chi connectivity index (χ1v) is 7.98. The maximum absolute atomic E-state index is 4.53. The van der Waals surface area contributed by atoms with Gasteiger partial charge >= 0.3 is 0 Å². The average molecular weight is 310 g/mol. The topological polar surface area (TPSA) is 57.4 Å². The Balaban J connectivity index is 0.000000202. The van der Waals surface area contributed by atoms with Gasteiger partial charge in [0.1, 0.15) is 5.69 Å². The third-order valence-corrected chi connectivity index (χ3v) is 4.32. The predicted octanol–water partition coefficient (Wildman–Crippen LogP) is 4.63. The molecule has 3 heterocycles. The molecular weight excluding hydrogens is 292 g/mol. The Bertz CT molecular complexity index is 819. The summed E-state index contributed by atoms with van der Waals surface area (Å²) >= 11 is 1.78. The summed E-state index contributed by atoms with van der Waals surface area (Å²) < 4.78 is 0. The SMILES string of the molecule is Cc1cc2nc(-c3ccn[nH]3)[nH]c2cc1C.Cc1cccs1. The maximum atomic E-state index is 4.53. The van der Waals surface area contributed by atoms with E-state index in [1.807, 2.05) is 6.07 Å². The van der Waals surface area contributed by atoms with E-state index in [2.05, 4.69) is 70.6 Å². The van der Waals surface area contributed by atoms with Gasteiger partial charge in [-0.1, -0.05) is 6.07 Å². The summed E-state index contributed by atoms with van der Waals surface area (Å²) in [5.41, 5.74) is 5.49. The molecule has 0 saturated carbocycles. The Morgan fingerprint density at radius 1 is 1.05 bits per heavy atom. The fourth-order valence-electron chi connectivity index (χ4n) is 2.15. The zero-order chi connectivity index (χ0) is 15.5. The van der Waals surface area contributed by atoms with E-state index in [0.717, 1.165) is 22.6 Å². The zero-order valence-electron chi connectivity index (χ0n) is 12.8. The van der Waals surface area contributed by atoms with Crippen molar-refractivity contribution < 1.29 is 0 Å². The molecule has 0 aliphatic heterocycles. The molecule has 0 saturated heterocycles. The van der Waals surface area contributed by atoms with Crippen LogP contribution < -0.4 is 0 Å². The fraction of sp³-hybridized carbons (Fsp3) is 0.176. The molecule has 0 amide bonds. The van der Waals surface area contributed by atoms with Crippen LogP contribution in [0.2, 0.25) is 0 Å². The van der Waals surface area contributed by atoms with Gasteiger partial charge in [-0.2, -0.15) is 5.10 Å². The third kappa shape index (κ3) is 3.09. The Morgan fingerprint density at radius 2 is 1.86 bits per heavy atom. The highest BCUT2D eigenvalue weighted by Gasteiger charge is 2.07. The van der Waals surface area contributed by atoms with Gasteiger partial charge in [0.05, 0.1) is 11.0 Å². The van der Waals surface area contributed by atoms with E-state index >= 15 is 0 Å². The van der Waals surface area contributed by atoms with Gasteiger partial charge in [0.25, 0.3) is 0 Å². The van der Waals surface area contributed by atoms with E-state index in [1.165, 1.54) is 16.0 Å². The lowest BCUT2D eigenvalue weighted by molar-refractivity contribution is 1.08. The molecule has 0 radical (unpaired) electrons. The first kappa shape index (κ1) is 14.5. The highest BCUT2D eigenvalue weighted by molar-refractivity contribution is 7.09. The number of nitrogens with zero attached hydrogens (tertiary/aromatic N) is 2. The molecular formula is C17H18N4S. The van der Waals surface area contributed by atoms with Crippen molar-refractivity contribution in [3.05, 3.63) is 57.9 Å². The van der Waals surface area contributed by atoms with Crippen LogP contribution in [0.25, 0.3) is 22.6 Å². The lowest BCUT2D eigenvalue weighted by atomic mass is 10.1. The van der Waals surface area contributed by atoms with Crippen LogP contribution in [0.4, 0.5) is 0 Å². The fourth-order valence-corrected chi connectivity index (χ4v) is 2.67. The summed E-state index contributed by atoms with van der Waals surface area (Å²) in [6.07, 6.45) is 1.72. The number of nitrogens with one attached hydrogen (secondary N) is 2. The Kier molecular flexibility index (Phi) is 4.06. The van der Waals surface area contributed by atoms with Gasteiger partial charge in [-0.3, -0.25) is 5.10 Å². The Hall–Kier alpha value is -2.40. The Morgan fingerprint density at radius 3 is 2.45 bits per heavy atom. The summed E-state index contributed by atoms with van der Waals surface area (Å²) in [5, 5.41) is 8.90. The average Bonchev–Trinajstić information content (AvgIpc) is 3.20. The predicted molar refractivity (Wildman–Crippen MR) is 92.2 cm³/mol. The summed E-state index contributed by atoms with van der Waals surface area (Å²) in [7, 11) is 0. The molecule has 0 aliphatic rings. The van der Waals surface area contributed by atoms with Crippen molar-refractivity contribution in [2.45, 2.75) is 20.8 Å². The van der Waals surface area contributed by atoms with Gasteiger partial charge < -0.3 is 4.98 Å². The van der Waals surface area contributed by atoms with Gasteiger partial charge in [0.2, 0.25) is 0 Å². The number of aromatic amines is 2. The van der Waals surface area contributed by atoms with Gasteiger partial charge in [0, 0.05) is 11.1 Å². The lowest BCUT2D eigenvalue weighted by Crippen LogP contribution is -1.79. The molecule has 0 fully saturated rings. The molecule has 4 rings (SSSR count). The monoisotopic (exact) mass is 310 g/mol. The number of rotatable bonds is 1. The molecule has 22 heavy (non-hydrogen) atoms. The number of aromatic nitrogens is 4. The van der Waals surface area contributed by atoms with Crippen LogP contribution in [0.5, 0.6) is 0 Å². The van der Waals surface area contributed by atoms with E-state index < -0.39 is 0 Å². The zero-order valence-corrected chi connectivity index (χ0v) is 13.7. The van der Waals surface area contributed by atoms with E-state index in [9.17, 15) is 0 Å². The van der Waals surface area contributed by atoms with Crippen molar-refractivity contribution in [1.29, 1.82) is 0 Å². The van der Waals surface area contributed by atoms with Crippen molar-refractivity contribution >= 4 is 22.4 Å². The third-order valence-electron chi connectivity index (χ3n) is 3.52. The molecule has 1 aromatic carbocycles. The second-order valence-electron chi connectivity index (χ2n) is 5.23. The van der Waals surface area contributed by atoms with E-state index in [1.54, 1.807) is 17.5 Å². The van der Waals surface area contributed by atoms with Gasteiger partial charge in [0.15, 0.2) is 5.82 Å². The van der Waals surface area contributed by atoms with Gasteiger partial charge in [-0.15, -0.1) is 11.3 Å². The normalized spacial score (nSPS) is 10.5. The summed E-state index contributed by atoms with van der Waals surface area (Å²) in [4.78, 5) is 9.20. The van der Waals surface area contributed by atoms with E-state index in [-0.39, 0.29) is 0 Å².